The van der Waals surface area contributed by atoms with E-state index in [2.05, 4.69) is 24.2 Å². The van der Waals surface area contributed by atoms with Gasteiger partial charge >= 0.3 is 0 Å². The highest BCUT2D eigenvalue weighted by Gasteiger charge is 2.31. The molecule has 1 fully saturated rings. The van der Waals surface area contributed by atoms with E-state index in [4.69, 9.17) is 0 Å². The predicted molar refractivity (Wildman–Crippen MR) is 93.2 cm³/mol. The van der Waals surface area contributed by atoms with Crippen molar-refractivity contribution in [2.75, 3.05) is 38.5 Å². The van der Waals surface area contributed by atoms with Crippen molar-refractivity contribution in [1.29, 1.82) is 0 Å². The first kappa shape index (κ1) is 16.5. The SMILES string of the molecule is CC(=O)Nc1sc2c(c1C(=O)N1CCN(C)CC1)CC[C@H](C)C2. The summed E-state index contributed by atoms with van der Waals surface area (Å²) < 4.78 is 0. The van der Waals surface area contributed by atoms with Gasteiger partial charge in [-0.2, -0.15) is 0 Å². The van der Waals surface area contributed by atoms with E-state index < -0.39 is 0 Å². The Balaban J connectivity index is 1.92. The summed E-state index contributed by atoms with van der Waals surface area (Å²) >= 11 is 1.60. The maximum absolute atomic E-state index is 13.1. The molecule has 2 heterocycles. The Labute approximate surface area is 141 Å². The molecular formula is C17H25N3O2S. The van der Waals surface area contributed by atoms with Crippen molar-refractivity contribution >= 4 is 28.2 Å². The van der Waals surface area contributed by atoms with Crippen LogP contribution in [0.5, 0.6) is 0 Å². The van der Waals surface area contributed by atoms with Crippen LogP contribution in [0.25, 0.3) is 0 Å². The van der Waals surface area contributed by atoms with Crippen molar-refractivity contribution in [2.45, 2.75) is 33.1 Å². The Bertz CT molecular complexity index is 618. The highest BCUT2D eigenvalue weighted by atomic mass is 32.1. The van der Waals surface area contributed by atoms with E-state index >= 15 is 0 Å². The molecule has 23 heavy (non-hydrogen) atoms. The fraction of sp³-hybridized carbons (Fsp3) is 0.647. The van der Waals surface area contributed by atoms with Crippen LogP contribution in [0.3, 0.4) is 0 Å². The quantitative estimate of drug-likeness (QED) is 0.902. The highest BCUT2D eigenvalue weighted by molar-refractivity contribution is 7.17. The summed E-state index contributed by atoms with van der Waals surface area (Å²) in [6.07, 6.45) is 3.08. The Morgan fingerprint density at radius 1 is 1.22 bits per heavy atom. The second-order valence-electron chi connectivity index (χ2n) is 6.83. The monoisotopic (exact) mass is 335 g/mol. The molecule has 1 aromatic heterocycles. The molecule has 1 aromatic rings. The number of nitrogens with one attached hydrogen (secondary N) is 1. The van der Waals surface area contributed by atoms with Crippen LogP contribution >= 0.6 is 11.3 Å². The van der Waals surface area contributed by atoms with Gasteiger partial charge in [0.1, 0.15) is 5.00 Å². The van der Waals surface area contributed by atoms with Gasteiger partial charge in [0.25, 0.3) is 5.91 Å². The maximum Gasteiger partial charge on any atom is 0.257 e. The first-order chi connectivity index (χ1) is 11.0. The summed E-state index contributed by atoms with van der Waals surface area (Å²) in [6.45, 7) is 7.09. The Morgan fingerprint density at radius 2 is 1.91 bits per heavy atom. The van der Waals surface area contributed by atoms with E-state index in [-0.39, 0.29) is 11.8 Å². The molecule has 1 saturated heterocycles. The van der Waals surface area contributed by atoms with E-state index in [1.54, 1.807) is 11.3 Å². The molecule has 0 bridgehead atoms. The van der Waals surface area contributed by atoms with Gasteiger partial charge < -0.3 is 15.1 Å². The molecule has 0 spiro atoms. The van der Waals surface area contributed by atoms with Gasteiger partial charge in [0.2, 0.25) is 5.91 Å². The Morgan fingerprint density at radius 3 is 2.57 bits per heavy atom. The zero-order valence-corrected chi connectivity index (χ0v) is 15.0. The summed E-state index contributed by atoms with van der Waals surface area (Å²) in [4.78, 5) is 30.1. The Hall–Kier alpha value is -1.40. The number of anilines is 1. The molecule has 0 unspecified atom stereocenters. The largest absolute Gasteiger partial charge is 0.336 e. The number of amides is 2. The lowest BCUT2D eigenvalue weighted by molar-refractivity contribution is -0.114. The zero-order valence-electron chi connectivity index (χ0n) is 14.1. The fourth-order valence-electron chi connectivity index (χ4n) is 3.39. The molecule has 2 aliphatic rings. The number of rotatable bonds is 2. The third-order valence-electron chi connectivity index (χ3n) is 4.81. The normalized spacial score (nSPS) is 21.9. The van der Waals surface area contributed by atoms with Gasteiger partial charge in [0.15, 0.2) is 0 Å². The third-order valence-corrected chi connectivity index (χ3v) is 5.98. The number of likely N-dealkylation sites (N-methyl/N-ethyl adjacent to an activating group) is 1. The van der Waals surface area contributed by atoms with Gasteiger partial charge in [-0.05, 0) is 37.8 Å². The molecule has 0 saturated carbocycles. The number of carbonyl (C=O) groups excluding carboxylic acids is 2. The summed E-state index contributed by atoms with van der Waals surface area (Å²) in [7, 11) is 2.08. The molecule has 126 valence electrons. The van der Waals surface area contributed by atoms with E-state index in [0.29, 0.717) is 5.92 Å². The van der Waals surface area contributed by atoms with Gasteiger partial charge in [0, 0.05) is 38.0 Å². The second kappa shape index (κ2) is 6.61. The molecule has 1 atom stereocenters. The summed E-state index contributed by atoms with van der Waals surface area (Å²) in [5.74, 6) is 0.635. The molecule has 2 amide bonds. The van der Waals surface area contributed by atoms with Crippen molar-refractivity contribution in [3.63, 3.8) is 0 Å². The van der Waals surface area contributed by atoms with Gasteiger partial charge in [-0.3, -0.25) is 9.59 Å². The molecule has 1 aliphatic carbocycles. The maximum atomic E-state index is 13.1. The molecule has 3 rings (SSSR count). The van der Waals surface area contributed by atoms with E-state index in [1.165, 1.54) is 17.4 Å². The first-order valence-corrected chi connectivity index (χ1v) is 9.17. The van der Waals surface area contributed by atoms with E-state index in [1.807, 2.05) is 4.90 Å². The summed E-state index contributed by atoms with van der Waals surface area (Å²) in [5.41, 5.74) is 1.94. The molecular weight excluding hydrogens is 310 g/mol. The van der Waals surface area contributed by atoms with Crippen LogP contribution in [-0.4, -0.2) is 54.8 Å². The average Bonchev–Trinajstić information content (AvgIpc) is 2.83. The van der Waals surface area contributed by atoms with Gasteiger partial charge in [-0.15, -0.1) is 11.3 Å². The zero-order chi connectivity index (χ0) is 16.6. The number of thiophene rings is 1. The van der Waals surface area contributed by atoms with Crippen LogP contribution in [0.4, 0.5) is 5.00 Å². The molecule has 1 aliphatic heterocycles. The molecule has 0 radical (unpaired) electrons. The fourth-order valence-corrected chi connectivity index (χ4v) is 4.84. The lowest BCUT2D eigenvalue weighted by Crippen LogP contribution is -2.47. The topological polar surface area (TPSA) is 52.7 Å². The van der Waals surface area contributed by atoms with E-state index in [0.717, 1.165) is 56.0 Å². The molecule has 0 aromatic carbocycles. The van der Waals surface area contributed by atoms with Gasteiger partial charge in [-0.25, -0.2) is 0 Å². The molecule has 5 nitrogen and oxygen atoms in total. The summed E-state index contributed by atoms with van der Waals surface area (Å²) in [6, 6.07) is 0. The van der Waals surface area contributed by atoms with Crippen molar-refractivity contribution in [3.05, 3.63) is 16.0 Å². The van der Waals surface area contributed by atoms with E-state index in [9.17, 15) is 9.59 Å². The second-order valence-corrected chi connectivity index (χ2v) is 7.94. The number of piperazine rings is 1. The third kappa shape index (κ3) is 3.43. The van der Waals surface area contributed by atoms with Crippen LogP contribution in [-0.2, 0) is 17.6 Å². The minimum absolute atomic E-state index is 0.0916. The number of fused-ring (bicyclic) bond motifs is 1. The van der Waals surface area contributed by atoms with Gasteiger partial charge in [0.05, 0.1) is 5.56 Å². The van der Waals surface area contributed by atoms with Crippen molar-refractivity contribution in [2.24, 2.45) is 5.92 Å². The summed E-state index contributed by atoms with van der Waals surface area (Å²) in [5, 5.41) is 3.65. The smallest absolute Gasteiger partial charge is 0.257 e. The number of nitrogens with zero attached hydrogens (tertiary/aromatic N) is 2. The number of hydrogen-bond acceptors (Lipinski definition) is 4. The highest BCUT2D eigenvalue weighted by Crippen LogP contribution is 2.40. The standard InChI is InChI=1S/C17H25N3O2S/c1-11-4-5-13-14(10-11)23-16(18-12(2)21)15(13)17(22)20-8-6-19(3)7-9-20/h11H,4-10H2,1-3H3,(H,18,21)/t11-/m0/s1. The molecule has 1 N–H and O–H groups in total. The Kier molecular flexibility index (Phi) is 4.73. The predicted octanol–water partition coefficient (Wildman–Crippen LogP) is 2.22. The van der Waals surface area contributed by atoms with Crippen LogP contribution in [0.15, 0.2) is 0 Å². The first-order valence-electron chi connectivity index (χ1n) is 8.35. The minimum atomic E-state index is -0.107. The number of hydrogen-bond donors (Lipinski definition) is 1. The van der Waals surface area contributed by atoms with Gasteiger partial charge in [-0.1, -0.05) is 6.92 Å². The lowest BCUT2D eigenvalue weighted by atomic mass is 9.88. The minimum Gasteiger partial charge on any atom is -0.336 e. The number of carbonyl (C=O) groups is 2. The van der Waals surface area contributed by atoms with Crippen LogP contribution in [0.1, 0.15) is 41.1 Å². The van der Waals surface area contributed by atoms with Crippen molar-refractivity contribution in [3.8, 4) is 0 Å². The van der Waals surface area contributed by atoms with Crippen LogP contribution in [0, 0.1) is 5.92 Å². The van der Waals surface area contributed by atoms with Crippen molar-refractivity contribution in [1.82, 2.24) is 9.80 Å². The average molecular weight is 335 g/mol. The lowest BCUT2D eigenvalue weighted by Gasteiger charge is -2.33. The van der Waals surface area contributed by atoms with Crippen LogP contribution < -0.4 is 5.32 Å². The molecule has 6 heteroatoms. The van der Waals surface area contributed by atoms with Crippen LogP contribution in [0.2, 0.25) is 0 Å². The van der Waals surface area contributed by atoms with Crippen molar-refractivity contribution < 1.29 is 9.59 Å².